The zero-order valence-corrected chi connectivity index (χ0v) is 11.6. The van der Waals surface area contributed by atoms with E-state index in [1.165, 1.54) is 0 Å². The summed E-state index contributed by atoms with van der Waals surface area (Å²) in [7, 11) is 3.18. The van der Waals surface area contributed by atoms with Crippen molar-refractivity contribution in [2.45, 2.75) is 19.4 Å². The predicted molar refractivity (Wildman–Crippen MR) is 73.0 cm³/mol. The summed E-state index contributed by atoms with van der Waals surface area (Å²) in [5, 5.41) is 6.22. The van der Waals surface area contributed by atoms with Crippen LogP contribution in [0.3, 0.4) is 0 Å². The van der Waals surface area contributed by atoms with Gasteiger partial charge in [0, 0.05) is 23.7 Å². The van der Waals surface area contributed by atoms with Crippen LogP contribution in [0.25, 0.3) is 0 Å². The fourth-order valence-corrected chi connectivity index (χ4v) is 2.26. The highest BCUT2D eigenvalue weighted by Gasteiger charge is 2.19. The highest BCUT2D eigenvalue weighted by Crippen LogP contribution is 2.29. The molecule has 1 fully saturated rings. The van der Waals surface area contributed by atoms with E-state index >= 15 is 0 Å². The van der Waals surface area contributed by atoms with Gasteiger partial charge in [0.1, 0.15) is 11.5 Å². The van der Waals surface area contributed by atoms with Crippen molar-refractivity contribution in [3.63, 3.8) is 0 Å². The van der Waals surface area contributed by atoms with Crippen molar-refractivity contribution in [3.05, 3.63) is 23.3 Å². The van der Waals surface area contributed by atoms with Gasteiger partial charge in [0.15, 0.2) is 0 Å². The first-order chi connectivity index (χ1) is 9.15. The summed E-state index contributed by atoms with van der Waals surface area (Å²) < 4.78 is 10.6. The molecule has 0 aromatic heterocycles. The first-order valence-corrected chi connectivity index (χ1v) is 6.40. The van der Waals surface area contributed by atoms with Crippen LogP contribution in [0.4, 0.5) is 0 Å². The second-order valence-corrected chi connectivity index (χ2v) is 4.67. The van der Waals surface area contributed by atoms with Crippen molar-refractivity contribution in [2.24, 2.45) is 0 Å². The average molecular weight is 264 g/mol. The molecule has 0 radical (unpaired) electrons. The fourth-order valence-electron chi connectivity index (χ4n) is 2.26. The van der Waals surface area contributed by atoms with Crippen LogP contribution in [0, 0.1) is 6.92 Å². The molecule has 2 rings (SSSR count). The highest BCUT2D eigenvalue weighted by atomic mass is 16.5. The van der Waals surface area contributed by atoms with E-state index in [9.17, 15) is 4.79 Å². The number of amides is 1. The Bertz CT molecular complexity index is 443. The summed E-state index contributed by atoms with van der Waals surface area (Å²) >= 11 is 0. The second-order valence-electron chi connectivity index (χ2n) is 4.67. The molecule has 1 aromatic carbocycles. The van der Waals surface area contributed by atoms with Gasteiger partial charge in [0.25, 0.3) is 5.91 Å². The number of rotatable bonds is 4. The first kappa shape index (κ1) is 13.7. The number of hydrogen-bond donors (Lipinski definition) is 2. The largest absolute Gasteiger partial charge is 0.496 e. The van der Waals surface area contributed by atoms with Crippen molar-refractivity contribution < 1.29 is 14.3 Å². The van der Waals surface area contributed by atoms with Crippen molar-refractivity contribution in [3.8, 4) is 11.5 Å². The molecular formula is C14H20N2O3. The standard InChI is InChI=1S/C14H20N2O3/c1-9-12(18-2)6-10(7-13(9)19-3)14(17)16-11-4-5-15-8-11/h6-7,11,15H,4-5,8H2,1-3H3,(H,16,17). The molecule has 0 saturated carbocycles. The number of carbonyl (C=O) groups excluding carboxylic acids is 1. The topological polar surface area (TPSA) is 59.6 Å². The second kappa shape index (κ2) is 5.93. The monoisotopic (exact) mass is 264 g/mol. The molecule has 1 atom stereocenters. The Labute approximate surface area is 113 Å². The van der Waals surface area contributed by atoms with Gasteiger partial charge in [-0.3, -0.25) is 4.79 Å². The van der Waals surface area contributed by atoms with Crippen LogP contribution < -0.4 is 20.1 Å². The van der Waals surface area contributed by atoms with E-state index in [2.05, 4.69) is 10.6 Å². The molecule has 104 valence electrons. The minimum Gasteiger partial charge on any atom is -0.496 e. The minimum atomic E-state index is -0.0923. The molecule has 1 aliphatic heterocycles. The van der Waals surface area contributed by atoms with Gasteiger partial charge in [-0.1, -0.05) is 0 Å². The molecule has 19 heavy (non-hydrogen) atoms. The Kier molecular flexibility index (Phi) is 4.27. The van der Waals surface area contributed by atoms with Crippen molar-refractivity contribution in [1.29, 1.82) is 0 Å². The summed E-state index contributed by atoms with van der Waals surface area (Å²) in [6, 6.07) is 3.69. The van der Waals surface area contributed by atoms with Crippen LogP contribution >= 0.6 is 0 Å². The van der Waals surface area contributed by atoms with Gasteiger partial charge < -0.3 is 20.1 Å². The van der Waals surface area contributed by atoms with Crippen LogP contribution in [0.1, 0.15) is 22.3 Å². The molecule has 0 bridgehead atoms. The Hall–Kier alpha value is -1.75. The Balaban J connectivity index is 2.20. The number of hydrogen-bond acceptors (Lipinski definition) is 4. The molecule has 0 spiro atoms. The van der Waals surface area contributed by atoms with Gasteiger partial charge in [-0.05, 0) is 32.0 Å². The predicted octanol–water partition coefficient (Wildman–Crippen LogP) is 1.10. The third kappa shape index (κ3) is 2.98. The van der Waals surface area contributed by atoms with E-state index in [1.807, 2.05) is 6.92 Å². The van der Waals surface area contributed by atoms with Gasteiger partial charge in [-0.2, -0.15) is 0 Å². The van der Waals surface area contributed by atoms with E-state index < -0.39 is 0 Å². The van der Waals surface area contributed by atoms with Gasteiger partial charge in [0.2, 0.25) is 0 Å². The molecule has 2 N–H and O–H groups in total. The molecule has 5 nitrogen and oxygen atoms in total. The number of carbonyl (C=O) groups is 1. The average Bonchev–Trinajstić information content (AvgIpc) is 2.91. The maximum Gasteiger partial charge on any atom is 0.251 e. The molecule has 1 saturated heterocycles. The first-order valence-electron chi connectivity index (χ1n) is 6.40. The lowest BCUT2D eigenvalue weighted by atomic mass is 10.1. The summed E-state index contributed by atoms with van der Waals surface area (Å²) in [5.74, 6) is 1.23. The smallest absolute Gasteiger partial charge is 0.251 e. The van der Waals surface area contributed by atoms with Gasteiger partial charge in [-0.15, -0.1) is 0 Å². The van der Waals surface area contributed by atoms with Crippen LogP contribution in [0.15, 0.2) is 12.1 Å². The summed E-state index contributed by atoms with van der Waals surface area (Å²) in [6.45, 7) is 3.68. The number of methoxy groups -OCH3 is 2. The van der Waals surface area contributed by atoms with E-state index in [4.69, 9.17) is 9.47 Å². The van der Waals surface area contributed by atoms with Crippen molar-refractivity contribution >= 4 is 5.91 Å². The van der Waals surface area contributed by atoms with Crippen LogP contribution in [-0.4, -0.2) is 39.3 Å². The van der Waals surface area contributed by atoms with E-state index in [0.29, 0.717) is 17.1 Å². The molecule has 1 aliphatic rings. The SMILES string of the molecule is COc1cc(C(=O)NC2CCNC2)cc(OC)c1C. The van der Waals surface area contributed by atoms with Crippen molar-refractivity contribution in [2.75, 3.05) is 27.3 Å². The third-order valence-electron chi connectivity index (χ3n) is 3.41. The van der Waals surface area contributed by atoms with E-state index in [0.717, 1.165) is 25.1 Å². The summed E-state index contributed by atoms with van der Waals surface area (Å²) in [4.78, 5) is 12.2. The molecular weight excluding hydrogens is 244 g/mol. The number of benzene rings is 1. The molecule has 1 heterocycles. The summed E-state index contributed by atoms with van der Waals surface area (Å²) in [6.07, 6.45) is 0.964. The maximum atomic E-state index is 12.2. The molecule has 1 unspecified atom stereocenters. The fraction of sp³-hybridized carbons (Fsp3) is 0.500. The zero-order valence-electron chi connectivity index (χ0n) is 11.6. The Morgan fingerprint density at radius 3 is 2.42 bits per heavy atom. The lowest BCUT2D eigenvalue weighted by molar-refractivity contribution is 0.0939. The zero-order chi connectivity index (χ0) is 13.8. The Morgan fingerprint density at radius 1 is 1.32 bits per heavy atom. The van der Waals surface area contributed by atoms with Gasteiger partial charge >= 0.3 is 0 Å². The lowest BCUT2D eigenvalue weighted by Gasteiger charge is -2.15. The molecule has 5 heteroatoms. The van der Waals surface area contributed by atoms with Gasteiger partial charge in [0.05, 0.1) is 14.2 Å². The quantitative estimate of drug-likeness (QED) is 0.855. The Morgan fingerprint density at radius 2 is 1.95 bits per heavy atom. The van der Waals surface area contributed by atoms with E-state index in [-0.39, 0.29) is 11.9 Å². The third-order valence-corrected chi connectivity index (χ3v) is 3.41. The maximum absolute atomic E-state index is 12.2. The normalized spacial score (nSPS) is 18.2. The molecule has 0 aliphatic carbocycles. The van der Waals surface area contributed by atoms with E-state index in [1.54, 1.807) is 26.4 Å². The number of ether oxygens (including phenoxy) is 2. The molecule has 1 aromatic rings. The summed E-state index contributed by atoms with van der Waals surface area (Å²) in [5.41, 5.74) is 1.45. The highest BCUT2D eigenvalue weighted by molar-refractivity contribution is 5.95. The van der Waals surface area contributed by atoms with Crippen molar-refractivity contribution in [1.82, 2.24) is 10.6 Å². The lowest BCUT2D eigenvalue weighted by Crippen LogP contribution is -2.36. The van der Waals surface area contributed by atoms with Gasteiger partial charge in [-0.25, -0.2) is 0 Å². The van der Waals surface area contributed by atoms with Crippen LogP contribution in [0.2, 0.25) is 0 Å². The number of nitrogens with one attached hydrogen (secondary N) is 2. The van der Waals surface area contributed by atoms with Crippen LogP contribution in [-0.2, 0) is 0 Å². The minimum absolute atomic E-state index is 0.0923. The molecule has 1 amide bonds. The van der Waals surface area contributed by atoms with Crippen LogP contribution in [0.5, 0.6) is 11.5 Å².